The molecule has 1 aliphatic heterocycles. The van der Waals surface area contributed by atoms with E-state index in [1.54, 1.807) is 22.1 Å². The summed E-state index contributed by atoms with van der Waals surface area (Å²) in [6.07, 6.45) is 5.47. The third-order valence-electron chi connectivity index (χ3n) is 6.67. The first kappa shape index (κ1) is 26.3. The van der Waals surface area contributed by atoms with E-state index in [-0.39, 0.29) is 12.1 Å². The lowest BCUT2D eigenvalue weighted by atomic mass is 10.00. The predicted octanol–water partition coefficient (Wildman–Crippen LogP) is 5.31. The number of carbonyl (C=O) groups is 2. The normalized spacial score (nSPS) is 15.8. The molecule has 5 rings (SSSR count). The molecule has 39 heavy (non-hydrogen) atoms. The standard InChI is InChI=1S/C29H31FN6O3/c1-19-7-5-8-20-12-13-31-26(25(19)20)35(22-9-6-16-34(18-22)28(38)39-29(2,3)4)27(37)23-11-10-21(17-24(23)30)36-32-14-15-33-36/h5,7-8,10-15,17,22H,6,9,16,18H2,1-4H3/t22-/m1/s1. The first-order valence-corrected chi connectivity index (χ1v) is 12.9. The van der Waals surface area contributed by atoms with Crippen molar-refractivity contribution in [3.05, 3.63) is 78.0 Å². The number of anilines is 1. The fraction of sp³-hybridized carbons (Fsp3) is 0.345. The summed E-state index contributed by atoms with van der Waals surface area (Å²) in [5, 5.41) is 9.79. The summed E-state index contributed by atoms with van der Waals surface area (Å²) in [6, 6.07) is 11.6. The Labute approximate surface area is 226 Å². The molecule has 0 saturated carbocycles. The Kier molecular flexibility index (Phi) is 7.03. The van der Waals surface area contributed by atoms with Crippen LogP contribution in [0.2, 0.25) is 0 Å². The lowest BCUT2D eigenvalue weighted by Gasteiger charge is -2.39. The SMILES string of the molecule is Cc1cccc2ccnc(N(C(=O)c3ccc(-n4nccn4)cc3F)[C@@H]3CCCN(C(=O)OC(C)(C)C)C3)c12. The molecule has 9 nitrogen and oxygen atoms in total. The molecule has 4 aromatic rings. The fourth-order valence-electron chi connectivity index (χ4n) is 4.94. The minimum atomic E-state index is -0.698. The fourth-order valence-corrected chi connectivity index (χ4v) is 4.94. The number of amides is 2. The van der Waals surface area contributed by atoms with Gasteiger partial charge in [-0.05, 0) is 69.7 Å². The minimum Gasteiger partial charge on any atom is -0.444 e. The molecule has 2 aromatic heterocycles. The van der Waals surface area contributed by atoms with Crippen LogP contribution in [0.4, 0.5) is 15.0 Å². The van der Waals surface area contributed by atoms with Crippen molar-refractivity contribution < 1.29 is 18.7 Å². The lowest BCUT2D eigenvalue weighted by Crippen LogP contribution is -2.53. The van der Waals surface area contributed by atoms with Gasteiger partial charge >= 0.3 is 6.09 Å². The Morgan fingerprint density at radius 2 is 1.85 bits per heavy atom. The van der Waals surface area contributed by atoms with Gasteiger partial charge in [0.05, 0.1) is 29.7 Å². The second kappa shape index (κ2) is 10.4. The van der Waals surface area contributed by atoms with E-state index in [2.05, 4.69) is 15.2 Å². The molecular weight excluding hydrogens is 499 g/mol. The topological polar surface area (TPSA) is 93.5 Å². The van der Waals surface area contributed by atoms with E-state index in [4.69, 9.17) is 4.74 Å². The second-order valence-corrected chi connectivity index (χ2v) is 10.7. The van der Waals surface area contributed by atoms with Gasteiger partial charge in [-0.2, -0.15) is 15.0 Å². The van der Waals surface area contributed by atoms with E-state index in [0.717, 1.165) is 16.3 Å². The molecule has 1 atom stereocenters. The molecule has 0 unspecified atom stereocenters. The minimum absolute atomic E-state index is 0.104. The van der Waals surface area contributed by atoms with Gasteiger partial charge in [-0.25, -0.2) is 14.2 Å². The number of hydrogen-bond donors (Lipinski definition) is 0. The van der Waals surface area contributed by atoms with E-state index >= 15 is 4.39 Å². The highest BCUT2D eigenvalue weighted by Gasteiger charge is 2.36. The molecule has 2 aromatic carbocycles. The highest BCUT2D eigenvalue weighted by molar-refractivity contribution is 6.11. The number of likely N-dealkylation sites (tertiary alicyclic amines) is 1. The number of carbonyl (C=O) groups excluding carboxylic acids is 2. The highest BCUT2D eigenvalue weighted by atomic mass is 19.1. The molecular formula is C29H31FN6O3. The highest BCUT2D eigenvalue weighted by Crippen LogP contribution is 2.33. The van der Waals surface area contributed by atoms with Gasteiger partial charge in [0, 0.05) is 30.7 Å². The van der Waals surface area contributed by atoms with Crippen LogP contribution < -0.4 is 4.90 Å². The molecule has 10 heteroatoms. The second-order valence-electron chi connectivity index (χ2n) is 10.7. The smallest absolute Gasteiger partial charge is 0.410 e. The maximum atomic E-state index is 15.5. The van der Waals surface area contributed by atoms with Crippen LogP contribution in [0.1, 0.15) is 49.5 Å². The van der Waals surface area contributed by atoms with E-state index in [1.807, 2.05) is 52.0 Å². The van der Waals surface area contributed by atoms with Crippen molar-refractivity contribution in [3.8, 4) is 5.69 Å². The van der Waals surface area contributed by atoms with Crippen molar-refractivity contribution >= 4 is 28.6 Å². The molecule has 0 aliphatic carbocycles. The number of pyridine rings is 1. The summed E-state index contributed by atoms with van der Waals surface area (Å²) in [4.78, 5) is 36.2. The van der Waals surface area contributed by atoms with Crippen LogP contribution in [0.3, 0.4) is 0 Å². The number of piperidine rings is 1. The number of aryl methyl sites for hydroxylation is 1. The molecule has 3 heterocycles. The summed E-state index contributed by atoms with van der Waals surface area (Å²) in [5.41, 5.74) is 0.581. The number of benzene rings is 2. The summed E-state index contributed by atoms with van der Waals surface area (Å²) in [7, 11) is 0. The van der Waals surface area contributed by atoms with Crippen LogP contribution in [0.25, 0.3) is 16.5 Å². The number of halogens is 1. The largest absolute Gasteiger partial charge is 0.444 e. The van der Waals surface area contributed by atoms with Gasteiger partial charge in [0.15, 0.2) is 0 Å². The molecule has 2 amide bonds. The number of nitrogens with zero attached hydrogens (tertiary/aromatic N) is 6. The number of ether oxygens (including phenoxy) is 1. The van der Waals surface area contributed by atoms with Gasteiger partial charge < -0.3 is 9.64 Å². The molecule has 0 bridgehead atoms. The third kappa shape index (κ3) is 5.45. The maximum absolute atomic E-state index is 15.5. The average molecular weight is 531 g/mol. The van der Waals surface area contributed by atoms with Crippen LogP contribution in [-0.4, -0.2) is 61.6 Å². The first-order valence-electron chi connectivity index (χ1n) is 12.9. The van der Waals surface area contributed by atoms with E-state index < -0.39 is 29.5 Å². The van der Waals surface area contributed by atoms with Gasteiger partial charge in [0.2, 0.25) is 0 Å². The van der Waals surface area contributed by atoms with Crippen molar-refractivity contribution in [1.29, 1.82) is 0 Å². The van der Waals surface area contributed by atoms with Gasteiger partial charge in [-0.3, -0.25) is 9.69 Å². The molecule has 0 spiro atoms. The van der Waals surface area contributed by atoms with E-state index in [9.17, 15) is 9.59 Å². The van der Waals surface area contributed by atoms with Crippen molar-refractivity contribution in [2.24, 2.45) is 0 Å². The first-order chi connectivity index (χ1) is 18.6. The van der Waals surface area contributed by atoms with Crippen LogP contribution in [0.15, 0.2) is 61.1 Å². The predicted molar refractivity (Wildman–Crippen MR) is 145 cm³/mol. The zero-order valence-electron chi connectivity index (χ0n) is 22.5. The zero-order chi connectivity index (χ0) is 27.7. The zero-order valence-corrected chi connectivity index (χ0v) is 22.5. The van der Waals surface area contributed by atoms with Gasteiger partial charge in [-0.15, -0.1) is 0 Å². The van der Waals surface area contributed by atoms with Crippen molar-refractivity contribution in [2.45, 2.75) is 52.2 Å². The molecule has 1 fully saturated rings. The Balaban J connectivity index is 1.57. The van der Waals surface area contributed by atoms with E-state index in [0.29, 0.717) is 30.9 Å². The number of rotatable bonds is 4. The molecule has 202 valence electrons. The van der Waals surface area contributed by atoms with Crippen LogP contribution >= 0.6 is 0 Å². The summed E-state index contributed by atoms with van der Waals surface area (Å²) in [5.74, 6) is -0.799. The number of aromatic nitrogens is 4. The quantitative estimate of drug-likeness (QED) is 0.355. The Morgan fingerprint density at radius 1 is 1.08 bits per heavy atom. The Morgan fingerprint density at radius 3 is 2.56 bits per heavy atom. The lowest BCUT2D eigenvalue weighted by molar-refractivity contribution is 0.0196. The summed E-state index contributed by atoms with van der Waals surface area (Å²) < 4.78 is 21.1. The summed E-state index contributed by atoms with van der Waals surface area (Å²) in [6.45, 7) is 8.15. The third-order valence-corrected chi connectivity index (χ3v) is 6.67. The number of fused-ring (bicyclic) bond motifs is 1. The van der Waals surface area contributed by atoms with Crippen LogP contribution in [-0.2, 0) is 4.74 Å². The average Bonchev–Trinajstić information content (AvgIpc) is 3.43. The number of hydrogen-bond acceptors (Lipinski definition) is 6. The van der Waals surface area contributed by atoms with Gasteiger partial charge in [0.1, 0.15) is 17.2 Å². The molecule has 0 radical (unpaired) electrons. The maximum Gasteiger partial charge on any atom is 0.410 e. The van der Waals surface area contributed by atoms with Crippen molar-refractivity contribution in [2.75, 3.05) is 18.0 Å². The van der Waals surface area contributed by atoms with Gasteiger partial charge in [-0.1, -0.05) is 18.2 Å². The van der Waals surface area contributed by atoms with Gasteiger partial charge in [0.25, 0.3) is 5.91 Å². The van der Waals surface area contributed by atoms with Crippen molar-refractivity contribution in [1.82, 2.24) is 24.9 Å². The monoisotopic (exact) mass is 530 g/mol. The summed E-state index contributed by atoms with van der Waals surface area (Å²) >= 11 is 0. The van der Waals surface area contributed by atoms with Crippen molar-refractivity contribution in [3.63, 3.8) is 0 Å². The molecule has 1 aliphatic rings. The molecule has 1 saturated heterocycles. The Hall–Kier alpha value is -4.34. The Bertz CT molecular complexity index is 1510. The molecule has 0 N–H and O–H groups in total. The van der Waals surface area contributed by atoms with Crippen LogP contribution in [0.5, 0.6) is 0 Å². The van der Waals surface area contributed by atoms with Crippen LogP contribution in [0, 0.1) is 12.7 Å². The van der Waals surface area contributed by atoms with E-state index in [1.165, 1.54) is 29.3 Å².